The van der Waals surface area contributed by atoms with E-state index in [-0.39, 0.29) is 11.7 Å². The van der Waals surface area contributed by atoms with Gasteiger partial charge in [0.15, 0.2) is 10.8 Å². The smallest absolute Gasteiger partial charge is 0.253 e. The molecule has 1 saturated heterocycles. The predicted molar refractivity (Wildman–Crippen MR) is 121 cm³/mol. The van der Waals surface area contributed by atoms with E-state index in [1.54, 1.807) is 28.2 Å². The molecule has 0 N–H and O–H groups in total. The third-order valence-corrected chi connectivity index (χ3v) is 6.74. The highest BCUT2D eigenvalue weighted by molar-refractivity contribution is 7.22. The van der Waals surface area contributed by atoms with Gasteiger partial charge in [-0.1, -0.05) is 29.5 Å². The molecule has 2 aromatic carbocycles. The van der Waals surface area contributed by atoms with Crippen LogP contribution in [0.15, 0.2) is 54.6 Å². The van der Waals surface area contributed by atoms with Gasteiger partial charge in [-0.15, -0.1) is 0 Å². The lowest BCUT2D eigenvalue weighted by Gasteiger charge is -2.21. The van der Waals surface area contributed by atoms with E-state index in [2.05, 4.69) is 10.00 Å². The number of aryl methyl sites for hydroxylation is 1. The zero-order valence-electron chi connectivity index (χ0n) is 17.2. The summed E-state index contributed by atoms with van der Waals surface area (Å²) in [5.41, 5.74) is 3.20. The van der Waals surface area contributed by atoms with E-state index < -0.39 is 0 Å². The third kappa shape index (κ3) is 3.79. The Kier molecular flexibility index (Phi) is 5.15. The van der Waals surface area contributed by atoms with Crippen molar-refractivity contribution >= 4 is 32.7 Å². The van der Waals surface area contributed by atoms with E-state index in [4.69, 9.17) is 4.98 Å². The summed E-state index contributed by atoms with van der Waals surface area (Å²) in [7, 11) is 0. The molecule has 0 saturated carbocycles. The molecule has 2 aromatic heterocycles. The molecular formula is C23H22FN5OS. The van der Waals surface area contributed by atoms with Crippen LogP contribution in [0.5, 0.6) is 0 Å². The summed E-state index contributed by atoms with van der Waals surface area (Å²) in [6.07, 6.45) is 0.886. The van der Waals surface area contributed by atoms with Crippen LogP contribution in [0, 0.1) is 12.7 Å². The van der Waals surface area contributed by atoms with Crippen LogP contribution < -0.4 is 4.90 Å². The number of amides is 1. The van der Waals surface area contributed by atoms with E-state index in [1.807, 2.05) is 42.2 Å². The molecule has 0 bridgehead atoms. The fourth-order valence-electron chi connectivity index (χ4n) is 3.90. The molecule has 3 heterocycles. The minimum Gasteiger partial charge on any atom is -0.346 e. The number of aromatic nitrogens is 3. The van der Waals surface area contributed by atoms with Gasteiger partial charge in [-0.25, -0.2) is 9.07 Å². The average molecular weight is 436 g/mol. The summed E-state index contributed by atoms with van der Waals surface area (Å²) >= 11 is 1.62. The summed E-state index contributed by atoms with van der Waals surface area (Å²) in [6.45, 7) is 4.94. The number of benzene rings is 2. The first kappa shape index (κ1) is 19.7. The second kappa shape index (κ2) is 8.11. The van der Waals surface area contributed by atoms with E-state index in [0.29, 0.717) is 6.54 Å². The standard InChI is InChI=1S/C23H22FN5OS/c1-16-20-21(29(26-16)19-10-8-18(24)9-11-19)25-23(31-20)28-13-5-12-27(14-15-28)22(30)17-6-3-2-4-7-17/h2-4,6-11H,5,12-15H2,1H3. The number of nitrogens with zero attached hydrogens (tertiary/aromatic N) is 5. The quantitative estimate of drug-likeness (QED) is 0.482. The summed E-state index contributed by atoms with van der Waals surface area (Å²) in [5, 5.41) is 5.52. The maximum Gasteiger partial charge on any atom is 0.253 e. The number of fused-ring (bicyclic) bond motifs is 1. The number of thiazole rings is 1. The van der Waals surface area contributed by atoms with Crippen molar-refractivity contribution in [1.29, 1.82) is 0 Å². The Hall–Kier alpha value is -3.26. The Bertz CT molecular complexity index is 1220. The lowest BCUT2D eigenvalue weighted by molar-refractivity contribution is 0.0767. The van der Waals surface area contributed by atoms with Gasteiger partial charge in [0.2, 0.25) is 0 Å². The van der Waals surface area contributed by atoms with Crippen LogP contribution in [0.3, 0.4) is 0 Å². The van der Waals surface area contributed by atoms with Gasteiger partial charge in [0.1, 0.15) is 5.82 Å². The fraction of sp³-hybridized carbons (Fsp3) is 0.261. The second-order valence-corrected chi connectivity index (χ2v) is 8.60. The first-order valence-corrected chi connectivity index (χ1v) is 11.1. The van der Waals surface area contributed by atoms with Gasteiger partial charge < -0.3 is 9.80 Å². The maximum atomic E-state index is 13.3. The molecule has 0 aliphatic carbocycles. The van der Waals surface area contributed by atoms with Crippen LogP contribution in [0.2, 0.25) is 0 Å². The molecule has 1 aliphatic rings. The molecule has 6 nitrogen and oxygen atoms in total. The number of carbonyl (C=O) groups excluding carboxylic acids is 1. The lowest BCUT2D eigenvalue weighted by Crippen LogP contribution is -2.35. The highest BCUT2D eigenvalue weighted by Gasteiger charge is 2.23. The number of hydrogen-bond acceptors (Lipinski definition) is 5. The molecule has 8 heteroatoms. The average Bonchev–Trinajstić information content (AvgIpc) is 3.25. The SMILES string of the molecule is Cc1nn(-c2ccc(F)cc2)c2nc(N3CCCN(C(=O)c4ccccc4)CC3)sc12. The van der Waals surface area contributed by atoms with Crippen LogP contribution in [0.25, 0.3) is 16.0 Å². The van der Waals surface area contributed by atoms with E-state index in [1.165, 1.54) is 12.1 Å². The van der Waals surface area contributed by atoms with Gasteiger partial charge in [0.25, 0.3) is 5.91 Å². The number of rotatable bonds is 3. The lowest BCUT2D eigenvalue weighted by atomic mass is 10.2. The van der Waals surface area contributed by atoms with Crippen molar-refractivity contribution in [2.45, 2.75) is 13.3 Å². The Morgan fingerprint density at radius 2 is 1.77 bits per heavy atom. The summed E-state index contributed by atoms with van der Waals surface area (Å²) in [6, 6.07) is 15.7. The minimum atomic E-state index is -0.276. The summed E-state index contributed by atoms with van der Waals surface area (Å²) < 4.78 is 16.1. The van der Waals surface area contributed by atoms with E-state index in [0.717, 1.165) is 58.5 Å². The Labute approximate surface area is 183 Å². The fourth-order valence-corrected chi connectivity index (χ4v) is 4.93. The number of hydrogen-bond donors (Lipinski definition) is 0. The largest absolute Gasteiger partial charge is 0.346 e. The number of carbonyl (C=O) groups is 1. The molecule has 1 fully saturated rings. The van der Waals surface area contributed by atoms with Crippen molar-refractivity contribution in [3.05, 3.63) is 71.7 Å². The summed E-state index contributed by atoms with van der Waals surface area (Å²) in [5.74, 6) is -0.198. The van der Waals surface area contributed by atoms with Gasteiger partial charge in [0, 0.05) is 31.7 Å². The molecule has 4 aromatic rings. The van der Waals surface area contributed by atoms with Crippen LogP contribution in [-0.2, 0) is 0 Å². The van der Waals surface area contributed by atoms with Gasteiger partial charge in [-0.05, 0) is 49.7 Å². The van der Waals surface area contributed by atoms with E-state index >= 15 is 0 Å². The zero-order valence-corrected chi connectivity index (χ0v) is 18.0. The monoisotopic (exact) mass is 435 g/mol. The first-order valence-electron chi connectivity index (χ1n) is 10.3. The molecule has 0 radical (unpaired) electrons. The minimum absolute atomic E-state index is 0.0783. The van der Waals surface area contributed by atoms with Crippen molar-refractivity contribution in [3.8, 4) is 5.69 Å². The second-order valence-electron chi connectivity index (χ2n) is 7.62. The third-order valence-electron chi connectivity index (χ3n) is 5.52. The van der Waals surface area contributed by atoms with E-state index in [9.17, 15) is 9.18 Å². The highest BCUT2D eigenvalue weighted by Crippen LogP contribution is 2.33. The Balaban J connectivity index is 1.38. The molecule has 1 amide bonds. The predicted octanol–water partition coefficient (Wildman–Crippen LogP) is 4.28. The maximum absolute atomic E-state index is 13.3. The van der Waals surface area contributed by atoms with Gasteiger partial charge in [-0.2, -0.15) is 10.1 Å². The van der Waals surface area contributed by atoms with Gasteiger partial charge >= 0.3 is 0 Å². The first-order chi connectivity index (χ1) is 15.1. The van der Waals surface area contributed by atoms with Crippen molar-refractivity contribution in [3.63, 3.8) is 0 Å². The summed E-state index contributed by atoms with van der Waals surface area (Å²) in [4.78, 5) is 21.9. The van der Waals surface area contributed by atoms with Crippen molar-refractivity contribution in [2.75, 3.05) is 31.1 Å². The normalized spacial score (nSPS) is 14.8. The van der Waals surface area contributed by atoms with Crippen molar-refractivity contribution in [1.82, 2.24) is 19.7 Å². The molecule has 0 unspecified atom stereocenters. The number of anilines is 1. The van der Waals surface area contributed by atoms with Crippen LogP contribution in [0.1, 0.15) is 22.5 Å². The van der Waals surface area contributed by atoms with Crippen molar-refractivity contribution in [2.24, 2.45) is 0 Å². The van der Waals surface area contributed by atoms with Crippen molar-refractivity contribution < 1.29 is 9.18 Å². The number of halogens is 1. The highest BCUT2D eigenvalue weighted by atomic mass is 32.1. The molecule has 5 rings (SSSR count). The Morgan fingerprint density at radius 3 is 2.55 bits per heavy atom. The van der Waals surface area contributed by atoms with Crippen LogP contribution in [-0.4, -0.2) is 51.8 Å². The molecule has 31 heavy (non-hydrogen) atoms. The molecular weight excluding hydrogens is 413 g/mol. The Morgan fingerprint density at radius 1 is 1.00 bits per heavy atom. The van der Waals surface area contributed by atoms with Crippen LogP contribution in [0.4, 0.5) is 9.52 Å². The topological polar surface area (TPSA) is 54.3 Å². The molecule has 1 aliphatic heterocycles. The van der Waals surface area contributed by atoms with Gasteiger partial charge in [-0.3, -0.25) is 4.79 Å². The molecule has 158 valence electrons. The van der Waals surface area contributed by atoms with Crippen LogP contribution >= 0.6 is 11.3 Å². The molecule has 0 atom stereocenters. The zero-order chi connectivity index (χ0) is 21.4. The van der Waals surface area contributed by atoms with Gasteiger partial charge in [0.05, 0.1) is 16.1 Å². The molecule has 0 spiro atoms.